The van der Waals surface area contributed by atoms with E-state index in [1.807, 2.05) is 0 Å². The van der Waals surface area contributed by atoms with Gasteiger partial charge in [0.05, 0.1) is 19.0 Å². The molecule has 0 aromatic carbocycles. The van der Waals surface area contributed by atoms with E-state index in [0.717, 1.165) is 0 Å². The molecule has 0 bridgehead atoms. The Bertz CT molecular complexity index is 647. The van der Waals surface area contributed by atoms with Crippen LogP contribution in [0.5, 0.6) is 0 Å². The number of amides is 4. The highest BCUT2D eigenvalue weighted by Crippen LogP contribution is 2.01. The summed E-state index contributed by atoms with van der Waals surface area (Å²) in [6.45, 7) is 1.07. The van der Waals surface area contributed by atoms with Crippen molar-refractivity contribution in [3.63, 3.8) is 0 Å². The Kier molecular flexibility index (Phi) is 11.4. The fourth-order valence-corrected chi connectivity index (χ4v) is 2.02. The minimum Gasteiger partial charge on any atom is -0.480 e. The molecule has 29 heavy (non-hydrogen) atoms. The van der Waals surface area contributed by atoms with E-state index >= 15 is 0 Å². The van der Waals surface area contributed by atoms with Crippen LogP contribution in [0.3, 0.4) is 0 Å². The number of carboxylic acid groups (broad SMARTS) is 1. The van der Waals surface area contributed by atoms with Crippen molar-refractivity contribution in [1.29, 1.82) is 0 Å². The summed E-state index contributed by atoms with van der Waals surface area (Å²) < 4.78 is 0. The number of primary amides is 1. The number of nitrogens with zero attached hydrogens (tertiary/aromatic N) is 1. The highest BCUT2D eigenvalue weighted by atomic mass is 16.4. The number of nitrogens with one attached hydrogen (secondary N) is 3. The second-order valence-electron chi connectivity index (χ2n) is 6.15. The number of carboxylic acids is 1. The molecule has 0 heterocycles. The lowest BCUT2D eigenvalue weighted by Crippen LogP contribution is -2.54. The zero-order valence-electron chi connectivity index (χ0n) is 16.0. The Labute approximate surface area is 166 Å². The van der Waals surface area contributed by atoms with E-state index in [4.69, 9.17) is 22.9 Å². The number of nitrogens with two attached hydrogens (primary N) is 4. The summed E-state index contributed by atoms with van der Waals surface area (Å²) in [6.07, 6.45) is -0.315. The molecular weight excluding hydrogens is 388 g/mol. The monoisotopic (exact) mass is 416 g/mol. The molecule has 0 spiro atoms. The highest BCUT2D eigenvalue weighted by Gasteiger charge is 2.27. The second-order valence-corrected chi connectivity index (χ2v) is 6.15. The van der Waals surface area contributed by atoms with Crippen LogP contribution in [0.4, 0.5) is 0 Å². The van der Waals surface area contributed by atoms with Crippen LogP contribution in [0, 0.1) is 0 Å². The van der Waals surface area contributed by atoms with Crippen LogP contribution in [0.2, 0.25) is 0 Å². The van der Waals surface area contributed by atoms with Crippen molar-refractivity contribution in [2.45, 2.75) is 44.3 Å². The molecule has 0 aliphatic heterocycles. The summed E-state index contributed by atoms with van der Waals surface area (Å²) in [6, 6.07) is -3.57. The van der Waals surface area contributed by atoms with Gasteiger partial charge in [0.15, 0.2) is 5.96 Å². The number of guanidine groups is 1. The maximum Gasteiger partial charge on any atom is 0.326 e. The zero-order chi connectivity index (χ0) is 22.6. The summed E-state index contributed by atoms with van der Waals surface area (Å²) in [5, 5.41) is 15.9. The maximum absolute atomic E-state index is 12.3. The van der Waals surface area contributed by atoms with Crippen molar-refractivity contribution >= 4 is 35.6 Å². The van der Waals surface area contributed by atoms with Crippen LogP contribution in [0.1, 0.15) is 26.2 Å². The Morgan fingerprint density at radius 1 is 1.00 bits per heavy atom. The van der Waals surface area contributed by atoms with Crippen molar-refractivity contribution in [3.8, 4) is 0 Å². The van der Waals surface area contributed by atoms with Gasteiger partial charge in [0.2, 0.25) is 23.6 Å². The van der Waals surface area contributed by atoms with Crippen LogP contribution >= 0.6 is 0 Å². The largest absolute Gasteiger partial charge is 0.480 e. The predicted molar refractivity (Wildman–Crippen MR) is 102 cm³/mol. The van der Waals surface area contributed by atoms with Crippen molar-refractivity contribution in [3.05, 3.63) is 0 Å². The molecular formula is C15H28N8O6. The molecule has 0 rings (SSSR count). The van der Waals surface area contributed by atoms with E-state index in [0.29, 0.717) is 0 Å². The van der Waals surface area contributed by atoms with Gasteiger partial charge in [-0.25, -0.2) is 4.79 Å². The van der Waals surface area contributed by atoms with Crippen molar-refractivity contribution in [2.75, 3.05) is 13.1 Å². The van der Waals surface area contributed by atoms with Gasteiger partial charge < -0.3 is 44.0 Å². The molecule has 0 saturated heterocycles. The average molecular weight is 416 g/mol. The van der Waals surface area contributed by atoms with Crippen LogP contribution in [-0.4, -0.2) is 71.9 Å². The molecule has 3 atom stereocenters. The van der Waals surface area contributed by atoms with Gasteiger partial charge in [0, 0.05) is 6.54 Å². The minimum absolute atomic E-state index is 0.000459. The molecule has 0 aromatic rings. The van der Waals surface area contributed by atoms with Gasteiger partial charge in [-0.2, -0.15) is 0 Å². The number of carbonyl (C=O) groups excluding carboxylic acids is 4. The molecule has 164 valence electrons. The second kappa shape index (κ2) is 12.9. The first kappa shape index (κ1) is 25.6. The summed E-state index contributed by atoms with van der Waals surface area (Å²) >= 11 is 0. The van der Waals surface area contributed by atoms with Gasteiger partial charge in [0.1, 0.15) is 12.1 Å². The third-order valence-corrected chi connectivity index (χ3v) is 3.45. The third kappa shape index (κ3) is 11.8. The molecule has 4 amide bonds. The molecule has 0 radical (unpaired) electrons. The van der Waals surface area contributed by atoms with Crippen LogP contribution in [-0.2, 0) is 24.0 Å². The standard InChI is InChI=1S/C15H28N8O6/c1-7(16)12(26)21-6-11(25)22-9(5-10(17)24)13(27)23-8(14(28)29)3-2-4-20-15(18)19/h7-9H,2-6,16H2,1H3,(H2,17,24)(H,21,26)(H,22,25)(H,23,27)(H,28,29)(H4,18,19,20). The first-order valence-electron chi connectivity index (χ1n) is 8.63. The lowest BCUT2D eigenvalue weighted by Gasteiger charge is -2.20. The molecule has 0 aromatic heterocycles. The Hall–Kier alpha value is -3.42. The quantitative estimate of drug-likeness (QED) is 0.0814. The number of rotatable bonds is 13. The summed E-state index contributed by atoms with van der Waals surface area (Å²) in [4.78, 5) is 61.9. The van der Waals surface area contributed by atoms with Gasteiger partial charge in [-0.3, -0.25) is 24.2 Å². The van der Waals surface area contributed by atoms with E-state index in [2.05, 4.69) is 20.9 Å². The Morgan fingerprint density at radius 3 is 2.10 bits per heavy atom. The lowest BCUT2D eigenvalue weighted by atomic mass is 10.1. The van der Waals surface area contributed by atoms with Crippen molar-refractivity contribution < 1.29 is 29.1 Å². The highest BCUT2D eigenvalue weighted by molar-refractivity contribution is 5.94. The van der Waals surface area contributed by atoms with Gasteiger partial charge in [0.25, 0.3) is 0 Å². The van der Waals surface area contributed by atoms with Crippen molar-refractivity contribution in [2.24, 2.45) is 27.9 Å². The van der Waals surface area contributed by atoms with Gasteiger partial charge in [-0.15, -0.1) is 0 Å². The molecule has 14 nitrogen and oxygen atoms in total. The van der Waals surface area contributed by atoms with Gasteiger partial charge in [-0.05, 0) is 19.8 Å². The van der Waals surface area contributed by atoms with E-state index < -0.39 is 60.7 Å². The number of carbonyl (C=O) groups is 5. The third-order valence-electron chi connectivity index (χ3n) is 3.45. The molecule has 14 heteroatoms. The molecule has 12 N–H and O–H groups in total. The topological polar surface area (TPSA) is 258 Å². The van der Waals surface area contributed by atoms with Crippen LogP contribution in [0.15, 0.2) is 4.99 Å². The maximum atomic E-state index is 12.3. The SMILES string of the molecule is CC(N)C(=O)NCC(=O)NC(CC(N)=O)C(=O)NC(CCCN=C(N)N)C(=O)O. The minimum atomic E-state index is -1.42. The number of hydrogen-bond donors (Lipinski definition) is 8. The summed E-state index contributed by atoms with van der Waals surface area (Å²) in [7, 11) is 0. The van der Waals surface area contributed by atoms with E-state index in [-0.39, 0.29) is 25.3 Å². The molecule has 0 aliphatic rings. The smallest absolute Gasteiger partial charge is 0.326 e. The number of hydrogen-bond acceptors (Lipinski definition) is 7. The number of aliphatic imine (C=N–C) groups is 1. The zero-order valence-corrected chi connectivity index (χ0v) is 16.0. The molecule has 0 saturated carbocycles. The molecule has 0 fully saturated rings. The summed E-state index contributed by atoms with van der Waals surface area (Å²) in [5.41, 5.74) is 20.7. The lowest BCUT2D eigenvalue weighted by molar-refractivity contribution is -0.142. The van der Waals surface area contributed by atoms with Crippen molar-refractivity contribution in [1.82, 2.24) is 16.0 Å². The number of aliphatic carboxylic acids is 1. The van der Waals surface area contributed by atoms with E-state index in [1.165, 1.54) is 6.92 Å². The fourth-order valence-electron chi connectivity index (χ4n) is 2.02. The summed E-state index contributed by atoms with van der Waals surface area (Å²) in [5.74, 6) is -4.69. The van der Waals surface area contributed by atoms with Crippen LogP contribution in [0.25, 0.3) is 0 Å². The van der Waals surface area contributed by atoms with E-state index in [9.17, 15) is 29.1 Å². The van der Waals surface area contributed by atoms with E-state index in [1.54, 1.807) is 0 Å². The average Bonchev–Trinajstić information content (AvgIpc) is 2.60. The predicted octanol–water partition coefficient (Wildman–Crippen LogP) is -4.57. The Morgan fingerprint density at radius 2 is 1.62 bits per heavy atom. The van der Waals surface area contributed by atoms with Gasteiger partial charge >= 0.3 is 5.97 Å². The molecule has 3 unspecified atom stereocenters. The molecule has 0 aliphatic carbocycles. The normalized spacial score (nSPS) is 13.3. The van der Waals surface area contributed by atoms with Gasteiger partial charge in [-0.1, -0.05) is 0 Å². The van der Waals surface area contributed by atoms with Crippen LogP contribution < -0.4 is 38.9 Å². The Balaban J connectivity index is 4.91. The first-order valence-corrected chi connectivity index (χ1v) is 8.63. The fraction of sp³-hybridized carbons (Fsp3) is 0.600. The first-order chi connectivity index (χ1) is 13.4.